The maximum absolute atomic E-state index is 12.7. The smallest absolute Gasteiger partial charge is 0.260 e. The zero-order valence-corrected chi connectivity index (χ0v) is 16.9. The molecule has 0 saturated carbocycles. The quantitative estimate of drug-likeness (QED) is 0.748. The van der Waals surface area contributed by atoms with Crippen molar-refractivity contribution in [2.24, 2.45) is 0 Å². The molecular formula is C20H25N5O3. The second kappa shape index (κ2) is 6.54. The van der Waals surface area contributed by atoms with Gasteiger partial charge < -0.3 is 18.9 Å². The highest BCUT2D eigenvalue weighted by Crippen LogP contribution is 2.31. The Kier molecular flexibility index (Phi) is 4.28. The van der Waals surface area contributed by atoms with Crippen LogP contribution in [0.5, 0.6) is 11.5 Å². The third-order valence-corrected chi connectivity index (χ3v) is 5.05. The molecule has 8 heteroatoms. The van der Waals surface area contributed by atoms with Crippen molar-refractivity contribution in [3.05, 3.63) is 40.2 Å². The van der Waals surface area contributed by atoms with Crippen LogP contribution in [0.3, 0.4) is 0 Å². The van der Waals surface area contributed by atoms with Crippen LogP contribution in [-0.4, -0.2) is 40.3 Å². The summed E-state index contributed by atoms with van der Waals surface area (Å²) in [5.41, 5.74) is 1.48. The van der Waals surface area contributed by atoms with Gasteiger partial charge in [0, 0.05) is 24.6 Å². The predicted molar refractivity (Wildman–Crippen MR) is 107 cm³/mol. The maximum Gasteiger partial charge on any atom is 0.260 e. The Morgan fingerprint density at radius 3 is 2.50 bits per heavy atom. The number of aromatic nitrogens is 4. The van der Waals surface area contributed by atoms with Crippen molar-refractivity contribution < 1.29 is 9.47 Å². The molecule has 8 nitrogen and oxygen atoms in total. The first-order valence-electron chi connectivity index (χ1n) is 9.27. The van der Waals surface area contributed by atoms with Gasteiger partial charge in [0.25, 0.3) is 5.56 Å². The van der Waals surface area contributed by atoms with Crippen molar-refractivity contribution >= 4 is 16.9 Å². The molecule has 2 aromatic heterocycles. The molecule has 0 fully saturated rings. The van der Waals surface area contributed by atoms with Gasteiger partial charge in [0.05, 0.1) is 43.6 Å². The average Bonchev–Trinajstić information content (AvgIpc) is 3.10. The van der Waals surface area contributed by atoms with E-state index in [0.717, 1.165) is 24.6 Å². The summed E-state index contributed by atoms with van der Waals surface area (Å²) >= 11 is 0. The molecule has 28 heavy (non-hydrogen) atoms. The number of methoxy groups -OCH3 is 2. The number of hydrogen-bond acceptors (Lipinski definition) is 6. The van der Waals surface area contributed by atoms with Crippen molar-refractivity contribution in [3.63, 3.8) is 0 Å². The minimum atomic E-state index is -0.199. The van der Waals surface area contributed by atoms with E-state index in [1.54, 1.807) is 26.4 Å². The highest BCUT2D eigenvalue weighted by Gasteiger charge is 2.27. The van der Waals surface area contributed by atoms with Gasteiger partial charge in [0.1, 0.15) is 5.82 Å². The molecule has 3 aromatic rings. The van der Waals surface area contributed by atoms with Crippen molar-refractivity contribution in [2.75, 3.05) is 25.7 Å². The second-order valence-corrected chi connectivity index (χ2v) is 8.01. The minimum Gasteiger partial charge on any atom is -0.493 e. The molecule has 0 spiro atoms. The zero-order valence-electron chi connectivity index (χ0n) is 16.9. The second-order valence-electron chi connectivity index (χ2n) is 8.01. The van der Waals surface area contributed by atoms with Crippen molar-refractivity contribution in [1.29, 1.82) is 0 Å². The highest BCUT2D eigenvalue weighted by molar-refractivity contribution is 5.82. The number of nitrogens with zero attached hydrogens (tertiary/aromatic N) is 4. The third kappa shape index (κ3) is 2.98. The molecule has 0 saturated heterocycles. The van der Waals surface area contributed by atoms with Gasteiger partial charge >= 0.3 is 0 Å². The number of H-pyrrole nitrogens is 1. The van der Waals surface area contributed by atoms with E-state index in [1.165, 1.54) is 0 Å². The molecule has 0 aliphatic carbocycles. The molecule has 0 bridgehead atoms. The number of anilines is 1. The molecule has 4 rings (SSSR count). The summed E-state index contributed by atoms with van der Waals surface area (Å²) in [5, 5.41) is 0.471. The Morgan fingerprint density at radius 2 is 1.82 bits per heavy atom. The standard InChI is InChI=1S/C20H25N5O3/c1-20(2,3)18-21-10-12-11-24(6-7-25(12)18)19-22-14-9-16(28-5)15(27-4)8-13(14)17(26)23-19/h8-10H,6-7,11H2,1-5H3,(H,22,23,26). The largest absolute Gasteiger partial charge is 0.493 e. The van der Waals surface area contributed by atoms with Crippen LogP contribution in [0.1, 0.15) is 32.3 Å². The van der Waals surface area contributed by atoms with E-state index in [4.69, 9.17) is 9.47 Å². The van der Waals surface area contributed by atoms with Crippen LogP contribution >= 0.6 is 0 Å². The van der Waals surface area contributed by atoms with Gasteiger partial charge in [-0.05, 0) is 6.07 Å². The normalized spacial score (nSPS) is 14.2. The first-order chi connectivity index (χ1) is 13.3. The lowest BCUT2D eigenvalue weighted by molar-refractivity contribution is 0.355. The fourth-order valence-corrected chi connectivity index (χ4v) is 3.66. The number of ether oxygens (including phenoxy) is 2. The van der Waals surface area contributed by atoms with Crippen LogP contribution < -0.4 is 19.9 Å². The molecule has 0 amide bonds. The summed E-state index contributed by atoms with van der Waals surface area (Å²) in [6.07, 6.45) is 1.92. The Labute approximate surface area is 163 Å². The lowest BCUT2D eigenvalue weighted by Gasteiger charge is -2.31. The van der Waals surface area contributed by atoms with E-state index >= 15 is 0 Å². The van der Waals surface area contributed by atoms with Crippen LogP contribution in [0.2, 0.25) is 0 Å². The van der Waals surface area contributed by atoms with Gasteiger partial charge in [0.2, 0.25) is 5.95 Å². The Balaban J connectivity index is 1.72. The molecule has 1 aliphatic heterocycles. The molecule has 3 heterocycles. The minimum absolute atomic E-state index is 0.00839. The topological polar surface area (TPSA) is 85.3 Å². The predicted octanol–water partition coefficient (Wildman–Crippen LogP) is 2.45. The Bertz CT molecular complexity index is 1090. The number of rotatable bonds is 3. The van der Waals surface area contributed by atoms with Gasteiger partial charge in [-0.15, -0.1) is 0 Å². The SMILES string of the molecule is COc1cc2nc(N3CCn4c(cnc4C(C)(C)C)C3)[nH]c(=O)c2cc1OC. The molecule has 0 atom stereocenters. The fourth-order valence-electron chi connectivity index (χ4n) is 3.66. The maximum atomic E-state index is 12.7. The molecule has 1 aromatic carbocycles. The van der Waals surface area contributed by atoms with Crippen LogP contribution in [0.25, 0.3) is 10.9 Å². The lowest BCUT2D eigenvalue weighted by Crippen LogP contribution is -2.37. The van der Waals surface area contributed by atoms with Gasteiger partial charge in [-0.1, -0.05) is 20.8 Å². The fraction of sp³-hybridized carbons (Fsp3) is 0.450. The summed E-state index contributed by atoms with van der Waals surface area (Å²) in [7, 11) is 3.11. The third-order valence-electron chi connectivity index (χ3n) is 5.05. The van der Waals surface area contributed by atoms with Crippen LogP contribution in [0.15, 0.2) is 23.1 Å². The average molecular weight is 383 g/mol. The monoisotopic (exact) mass is 383 g/mol. The summed E-state index contributed by atoms with van der Waals surface area (Å²) in [5.74, 6) is 2.69. The van der Waals surface area contributed by atoms with Gasteiger partial charge in [-0.2, -0.15) is 0 Å². The van der Waals surface area contributed by atoms with Crippen molar-refractivity contribution in [1.82, 2.24) is 19.5 Å². The molecule has 1 N–H and O–H groups in total. The molecule has 148 valence electrons. The zero-order chi connectivity index (χ0) is 20.1. The molecule has 1 aliphatic rings. The molecule has 0 radical (unpaired) electrons. The number of aromatic amines is 1. The first kappa shape index (κ1) is 18.3. The van der Waals surface area contributed by atoms with Crippen molar-refractivity contribution in [3.8, 4) is 11.5 Å². The van der Waals surface area contributed by atoms with Gasteiger partial charge in [0.15, 0.2) is 11.5 Å². The Morgan fingerprint density at radius 1 is 1.11 bits per heavy atom. The summed E-state index contributed by atoms with van der Waals surface area (Å²) in [4.78, 5) is 26.9. The van der Waals surface area contributed by atoms with E-state index < -0.39 is 0 Å². The van der Waals surface area contributed by atoms with E-state index in [1.807, 2.05) is 6.20 Å². The van der Waals surface area contributed by atoms with Crippen molar-refractivity contribution in [2.45, 2.75) is 39.3 Å². The van der Waals surface area contributed by atoms with E-state index in [9.17, 15) is 4.79 Å². The summed E-state index contributed by atoms with van der Waals surface area (Å²) in [6, 6.07) is 3.39. The number of benzene rings is 1. The number of hydrogen-bond donors (Lipinski definition) is 1. The molecular weight excluding hydrogens is 358 g/mol. The molecule has 0 unspecified atom stereocenters. The highest BCUT2D eigenvalue weighted by atomic mass is 16.5. The van der Waals surface area contributed by atoms with E-state index in [2.05, 4.69) is 45.2 Å². The number of nitrogens with one attached hydrogen (secondary N) is 1. The van der Waals surface area contributed by atoms with E-state index in [-0.39, 0.29) is 11.0 Å². The lowest BCUT2D eigenvalue weighted by atomic mass is 9.95. The summed E-state index contributed by atoms with van der Waals surface area (Å²) in [6.45, 7) is 8.69. The first-order valence-corrected chi connectivity index (χ1v) is 9.27. The van der Waals surface area contributed by atoms with Crippen LogP contribution in [0.4, 0.5) is 5.95 Å². The van der Waals surface area contributed by atoms with E-state index in [0.29, 0.717) is 34.9 Å². The van der Waals surface area contributed by atoms with Crippen LogP contribution in [-0.2, 0) is 18.5 Å². The van der Waals surface area contributed by atoms with Crippen LogP contribution in [0, 0.1) is 0 Å². The number of fused-ring (bicyclic) bond motifs is 2. The number of imidazole rings is 1. The Hall–Kier alpha value is -3.03. The summed E-state index contributed by atoms with van der Waals surface area (Å²) < 4.78 is 12.9. The van der Waals surface area contributed by atoms with Gasteiger partial charge in [-0.25, -0.2) is 9.97 Å². The van der Waals surface area contributed by atoms with Gasteiger partial charge in [-0.3, -0.25) is 9.78 Å².